The molecule has 2 rings (SSSR count). The minimum Gasteiger partial charge on any atom is -0.465 e. The van der Waals surface area contributed by atoms with Crippen LogP contribution in [-0.4, -0.2) is 19.0 Å². The van der Waals surface area contributed by atoms with Gasteiger partial charge < -0.3 is 10.1 Å². The Labute approximate surface area is 131 Å². The summed E-state index contributed by atoms with van der Waals surface area (Å²) >= 11 is 1.33. The van der Waals surface area contributed by atoms with Crippen LogP contribution in [0.3, 0.4) is 0 Å². The lowest BCUT2D eigenvalue weighted by Crippen LogP contribution is -2.13. The fourth-order valence-electron chi connectivity index (χ4n) is 1.83. The smallest absolute Gasteiger partial charge is 0.340 e. The molecule has 4 nitrogen and oxygen atoms in total. The van der Waals surface area contributed by atoms with Gasteiger partial charge in [0.05, 0.1) is 12.7 Å². The van der Waals surface area contributed by atoms with Gasteiger partial charge in [-0.3, -0.25) is 4.79 Å². The van der Waals surface area contributed by atoms with Crippen LogP contribution in [0, 0.1) is 5.82 Å². The summed E-state index contributed by atoms with van der Waals surface area (Å²) < 4.78 is 17.6. The third-order valence-electron chi connectivity index (χ3n) is 3.06. The summed E-state index contributed by atoms with van der Waals surface area (Å²) in [5.74, 6) is -1.09. The van der Waals surface area contributed by atoms with Crippen molar-refractivity contribution in [2.45, 2.75) is 19.8 Å². The third kappa shape index (κ3) is 3.51. The number of amides is 1. The zero-order chi connectivity index (χ0) is 16.3. The molecule has 0 atom stereocenters. The molecule has 1 heterocycles. The second kappa shape index (κ2) is 6.70. The zero-order valence-electron chi connectivity index (χ0n) is 12.5. The van der Waals surface area contributed by atoms with E-state index in [-0.39, 0.29) is 5.92 Å². The van der Waals surface area contributed by atoms with Gasteiger partial charge in [0.2, 0.25) is 0 Å². The highest BCUT2D eigenvalue weighted by Gasteiger charge is 2.20. The van der Waals surface area contributed by atoms with E-state index in [1.165, 1.54) is 42.7 Å². The number of hydrogen-bond acceptors (Lipinski definition) is 4. The van der Waals surface area contributed by atoms with E-state index in [1.54, 1.807) is 6.07 Å². The molecule has 6 heteroatoms. The predicted molar refractivity (Wildman–Crippen MR) is 84.1 cm³/mol. The summed E-state index contributed by atoms with van der Waals surface area (Å²) in [4.78, 5) is 25.0. The van der Waals surface area contributed by atoms with E-state index in [9.17, 15) is 14.0 Å². The fraction of sp³-hybridized carbons (Fsp3) is 0.250. The highest BCUT2D eigenvalue weighted by Crippen LogP contribution is 2.33. The summed E-state index contributed by atoms with van der Waals surface area (Å²) in [5.41, 5.74) is 0.642. The second-order valence-corrected chi connectivity index (χ2v) is 6.08. The minimum absolute atomic E-state index is 0.227. The normalized spacial score (nSPS) is 10.6. The van der Waals surface area contributed by atoms with Crippen molar-refractivity contribution in [3.63, 3.8) is 0 Å². The number of ether oxygens (including phenoxy) is 1. The van der Waals surface area contributed by atoms with Crippen LogP contribution in [0.25, 0.3) is 0 Å². The quantitative estimate of drug-likeness (QED) is 0.864. The Morgan fingerprint density at radius 2 is 1.86 bits per heavy atom. The Hall–Kier alpha value is -2.21. The van der Waals surface area contributed by atoms with Gasteiger partial charge in [0, 0.05) is 10.4 Å². The Bertz CT molecular complexity index is 692. The molecule has 2 aromatic rings. The number of carbonyl (C=O) groups is 2. The van der Waals surface area contributed by atoms with Crippen LogP contribution >= 0.6 is 11.3 Å². The first-order valence-electron chi connectivity index (χ1n) is 6.71. The first kappa shape index (κ1) is 16.2. The lowest BCUT2D eigenvalue weighted by molar-refractivity contribution is 0.0602. The third-order valence-corrected chi connectivity index (χ3v) is 4.41. The van der Waals surface area contributed by atoms with E-state index in [2.05, 4.69) is 5.32 Å². The van der Waals surface area contributed by atoms with Gasteiger partial charge in [-0.2, -0.15) is 0 Å². The van der Waals surface area contributed by atoms with E-state index >= 15 is 0 Å². The number of rotatable bonds is 4. The maximum absolute atomic E-state index is 12.9. The largest absolute Gasteiger partial charge is 0.465 e. The van der Waals surface area contributed by atoms with Crippen molar-refractivity contribution in [1.29, 1.82) is 0 Å². The molecule has 116 valence electrons. The topological polar surface area (TPSA) is 55.4 Å². The number of halogens is 1. The highest BCUT2D eigenvalue weighted by atomic mass is 32.1. The summed E-state index contributed by atoms with van der Waals surface area (Å²) in [5, 5.41) is 3.13. The standard InChI is InChI=1S/C16H16FNO3S/c1-9(2)13-8-12(16(20)21-3)15(22-13)18-14(19)10-4-6-11(17)7-5-10/h4-9H,1-3H3,(H,18,19). The van der Waals surface area contributed by atoms with E-state index < -0.39 is 17.7 Å². The molecule has 22 heavy (non-hydrogen) atoms. The molecule has 0 spiro atoms. The number of nitrogens with one attached hydrogen (secondary N) is 1. The van der Waals surface area contributed by atoms with Gasteiger partial charge in [0.15, 0.2) is 0 Å². The molecule has 0 saturated heterocycles. The first-order valence-corrected chi connectivity index (χ1v) is 7.53. The van der Waals surface area contributed by atoms with Crippen molar-refractivity contribution in [2.75, 3.05) is 12.4 Å². The summed E-state index contributed by atoms with van der Waals surface area (Å²) in [6, 6.07) is 6.93. The van der Waals surface area contributed by atoms with E-state index in [0.717, 1.165) is 4.88 Å². The summed E-state index contributed by atoms with van der Waals surface area (Å²) in [7, 11) is 1.29. The number of methoxy groups -OCH3 is 1. The molecule has 0 unspecified atom stereocenters. The molecule has 1 amide bonds. The van der Waals surface area contributed by atoms with Gasteiger partial charge in [-0.05, 0) is 36.2 Å². The first-order chi connectivity index (χ1) is 10.4. The van der Waals surface area contributed by atoms with Gasteiger partial charge in [-0.1, -0.05) is 13.8 Å². The van der Waals surface area contributed by atoms with Crippen LogP contribution in [0.1, 0.15) is 45.4 Å². The maximum atomic E-state index is 12.9. The number of thiophene rings is 1. The fourth-order valence-corrected chi connectivity index (χ4v) is 2.87. The molecule has 1 aromatic heterocycles. The summed E-state index contributed by atoms with van der Waals surface area (Å²) in [6.45, 7) is 4.00. The molecule has 0 aliphatic heterocycles. The van der Waals surface area contributed by atoms with Gasteiger partial charge in [-0.25, -0.2) is 9.18 Å². The molecule has 0 bridgehead atoms. The number of carbonyl (C=O) groups excluding carboxylic acids is 2. The maximum Gasteiger partial charge on any atom is 0.340 e. The molecule has 1 aromatic carbocycles. The monoisotopic (exact) mass is 321 g/mol. The lowest BCUT2D eigenvalue weighted by Gasteiger charge is -2.05. The lowest BCUT2D eigenvalue weighted by atomic mass is 10.1. The average molecular weight is 321 g/mol. The van der Waals surface area contributed by atoms with Crippen LogP contribution < -0.4 is 5.32 Å². The van der Waals surface area contributed by atoms with Crippen LogP contribution in [-0.2, 0) is 4.74 Å². The molecule has 0 aliphatic carbocycles. The zero-order valence-corrected chi connectivity index (χ0v) is 13.3. The van der Waals surface area contributed by atoms with Crippen molar-refractivity contribution in [3.8, 4) is 0 Å². The summed E-state index contributed by atoms with van der Waals surface area (Å²) in [6.07, 6.45) is 0. The van der Waals surface area contributed by atoms with Crippen molar-refractivity contribution in [3.05, 3.63) is 52.2 Å². The van der Waals surface area contributed by atoms with Gasteiger partial charge in [0.25, 0.3) is 5.91 Å². The molecule has 1 N–H and O–H groups in total. The van der Waals surface area contributed by atoms with Gasteiger partial charge in [0.1, 0.15) is 10.8 Å². The van der Waals surface area contributed by atoms with Crippen LogP contribution in [0.2, 0.25) is 0 Å². The molecular formula is C16H16FNO3S. The predicted octanol–water partition coefficient (Wildman–Crippen LogP) is 4.05. The van der Waals surface area contributed by atoms with Crippen molar-refractivity contribution >= 4 is 28.2 Å². The van der Waals surface area contributed by atoms with Gasteiger partial charge >= 0.3 is 5.97 Å². The number of anilines is 1. The Morgan fingerprint density at radius 3 is 2.41 bits per heavy atom. The van der Waals surface area contributed by atoms with Crippen LogP contribution in [0.5, 0.6) is 0 Å². The molecular weight excluding hydrogens is 305 g/mol. The number of esters is 1. The minimum atomic E-state index is -0.502. The van der Waals surface area contributed by atoms with E-state index in [1.807, 2.05) is 13.8 Å². The van der Waals surface area contributed by atoms with Crippen molar-refractivity contribution < 1.29 is 18.7 Å². The second-order valence-electron chi connectivity index (χ2n) is 5.00. The molecule has 0 fully saturated rings. The Balaban J connectivity index is 2.29. The molecule has 0 radical (unpaired) electrons. The van der Waals surface area contributed by atoms with E-state index in [4.69, 9.17) is 4.74 Å². The number of benzene rings is 1. The average Bonchev–Trinajstić information content (AvgIpc) is 2.91. The molecule has 0 aliphatic rings. The highest BCUT2D eigenvalue weighted by molar-refractivity contribution is 7.16. The number of hydrogen-bond donors (Lipinski definition) is 1. The SMILES string of the molecule is COC(=O)c1cc(C(C)C)sc1NC(=O)c1ccc(F)cc1. The van der Waals surface area contributed by atoms with Crippen molar-refractivity contribution in [1.82, 2.24) is 0 Å². The van der Waals surface area contributed by atoms with Gasteiger partial charge in [-0.15, -0.1) is 11.3 Å². The molecule has 0 saturated carbocycles. The van der Waals surface area contributed by atoms with E-state index in [0.29, 0.717) is 16.1 Å². The van der Waals surface area contributed by atoms with Crippen LogP contribution in [0.15, 0.2) is 30.3 Å². The van der Waals surface area contributed by atoms with Crippen molar-refractivity contribution in [2.24, 2.45) is 0 Å². The Kier molecular flexibility index (Phi) is 4.92. The Morgan fingerprint density at radius 1 is 1.23 bits per heavy atom. The van der Waals surface area contributed by atoms with Crippen LogP contribution in [0.4, 0.5) is 9.39 Å².